The van der Waals surface area contributed by atoms with E-state index < -0.39 is 0 Å². The summed E-state index contributed by atoms with van der Waals surface area (Å²) in [6.07, 6.45) is 12.2. The Labute approximate surface area is 129 Å². The Hall–Kier alpha value is -0.530. The molecule has 0 bridgehead atoms. The largest absolute Gasteiger partial charge is 0.330 e. The van der Waals surface area contributed by atoms with E-state index in [2.05, 4.69) is 19.1 Å². The molecule has 20 heavy (non-hydrogen) atoms. The van der Waals surface area contributed by atoms with Crippen LogP contribution in [0.15, 0.2) is 24.3 Å². The average molecular weight is 296 g/mol. The summed E-state index contributed by atoms with van der Waals surface area (Å²) in [5.41, 5.74) is 7.24. The number of nitrogens with two attached hydrogens (primary N) is 1. The molecule has 0 amide bonds. The van der Waals surface area contributed by atoms with Gasteiger partial charge in [0.05, 0.1) is 0 Å². The maximum Gasteiger partial charge on any atom is 0.0406 e. The monoisotopic (exact) mass is 295 g/mol. The SMILES string of the molecule is CCCCCCCCCCC(CN)c1ccc(Cl)cc1. The zero-order chi connectivity index (χ0) is 14.6. The number of rotatable bonds is 11. The predicted molar refractivity (Wildman–Crippen MR) is 90.5 cm³/mol. The van der Waals surface area contributed by atoms with Crippen LogP contribution in [0.25, 0.3) is 0 Å². The van der Waals surface area contributed by atoms with Gasteiger partial charge in [0.1, 0.15) is 0 Å². The topological polar surface area (TPSA) is 26.0 Å². The second-order valence-electron chi connectivity index (χ2n) is 5.75. The Morgan fingerprint density at radius 2 is 1.45 bits per heavy atom. The van der Waals surface area contributed by atoms with Gasteiger partial charge in [-0.05, 0) is 36.6 Å². The minimum Gasteiger partial charge on any atom is -0.330 e. The number of hydrogen-bond donors (Lipinski definition) is 1. The molecular weight excluding hydrogens is 266 g/mol. The van der Waals surface area contributed by atoms with E-state index >= 15 is 0 Å². The fourth-order valence-electron chi connectivity index (χ4n) is 2.68. The van der Waals surface area contributed by atoms with Crippen LogP contribution in [0.2, 0.25) is 5.02 Å². The minimum atomic E-state index is 0.493. The van der Waals surface area contributed by atoms with Crippen LogP contribution < -0.4 is 5.73 Å². The van der Waals surface area contributed by atoms with Gasteiger partial charge in [0.2, 0.25) is 0 Å². The van der Waals surface area contributed by atoms with Gasteiger partial charge >= 0.3 is 0 Å². The van der Waals surface area contributed by atoms with Gasteiger partial charge in [0.25, 0.3) is 0 Å². The summed E-state index contributed by atoms with van der Waals surface area (Å²) in [4.78, 5) is 0. The van der Waals surface area contributed by atoms with E-state index in [1.807, 2.05) is 12.1 Å². The Balaban J connectivity index is 2.14. The molecule has 0 saturated heterocycles. The van der Waals surface area contributed by atoms with Crippen LogP contribution in [0.3, 0.4) is 0 Å². The molecule has 0 saturated carbocycles. The maximum absolute atomic E-state index is 5.93. The molecule has 1 aromatic carbocycles. The van der Waals surface area contributed by atoms with Gasteiger partial charge in [-0.15, -0.1) is 0 Å². The predicted octanol–water partition coefficient (Wildman–Crippen LogP) is 5.91. The van der Waals surface area contributed by atoms with Crippen molar-refractivity contribution in [2.24, 2.45) is 5.73 Å². The molecule has 114 valence electrons. The third-order valence-corrected chi connectivity index (χ3v) is 4.28. The van der Waals surface area contributed by atoms with Crippen molar-refractivity contribution >= 4 is 11.6 Å². The first-order chi connectivity index (χ1) is 9.77. The summed E-state index contributed by atoms with van der Waals surface area (Å²) in [7, 11) is 0. The number of hydrogen-bond acceptors (Lipinski definition) is 1. The molecule has 2 heteroatoms. The highest BCUT2D eigenvalue weighted by Crippen LogP contribution is 2.23. The van der Waals surface area contributed by atoms with Gasteiger partial charge in [-0.3, -0.25) is 0 Å². The summed E-state index contributed by atoms with van der Waals surface area (Å²) in [6.45, 7) is 3.00. The smallest absolute Gasteiger partial charge is 0.0406 e. The lowest BCUT2D eigenvalue weighted by atomic mass is 9.93. The van der Waals surface area contributed by atoms with Gasteiger partial charge in [0, 0.05) is 5.02 Å². The number of unbranched alkanes of at least 4 members (excludes halogenated alkanes) is 7. The summed E-state index contributed by atoms with van der Waals surface area (Å²) in [5, 5.41) is 0.802. The van der Waals surface area contributed by atoms with Gasteiger partial charge in [-0.2, -0.15) is 0 Å². The van der Waals surface area contributed by atoms with Gasteiger partial charge in [-0.1, -0.05) is 82.0 Å². The first-order valence-corrected chi connectivity index (χ1v) is 8.61. The maximum atomic E-state index is 5.93. The molecule has 0 aliphatic rings. The van der Waals surface area contributed by atoms with Crippen molar-refractivity contribution in [2.45, 2.75) is 70.6 Å². The molecule has 0 aliphatic heterocycles. The quantitative estimate of drug-likeness (QED) is 0.504. The van der Waals surface area contributed by atoms with Crippen molar-refractivity contribution in [1.82, 2.24) is 0 Å². The van der Waals surface area contributed by atoms with Crippen LogP contribution in [-0.4, -0.2) is 6.54 Å². The molecule has 2 N–H and O–H groups in total. The number of halogens is 1. The summed E-state index contributed by atoms with van der Waals surface area (Å²) in [6, 6.07) is 8.16. The highest BCUT2D eigenvalue weighted by molar-refractivity contribution is 6.30. The Morgan fingerprint density at radius 3 is 2.00 bits per heavy atom. The standard InChI is InChI=1S/C18H30ClN/c1-2-3-4-5-6-7-8-9-10-17(15-20)16-11-13-18(19)14-12-16/h11-14,17H,2-10,15,20H2,1H3. The van der Waals surface area contributed by atoms with E-state index in [1.54, 1.807) is 0 Å². The number of benzene rings is 1. The van der Waals surface area contributed by atoms with Crippen molar-refractivity contribution in [1.29, 1.82) is 0 Å². The highest BCUT2D eigenvalue weighted by Gasteiger charge is 2.09. The van der Waals surface area contributed by atoms with E-state index in [1.165, 1.54) is 63.4 Å². The zero-order valence-electron chi connectivity index (χ0n) is 12.9. The van der Waals surface area contributed by atoms with Crippen LogP contribution in [-0.2, 0) is 0 Å². The molecular formula is C18H30ClN. The van der Waals surface area contributed by atoms with Crippen molar-refractivity contribution < 1.29 is 0 Å². The van der Waals surface area contributed by atoms with Crippen molar-refractivity contribution in [3.63, 3.8) is 0 Å². The second-order valence-corrected chi connectivity index (χ2v) is 6.18. The fourth-order valence-corrected chi connectivity index (χ4v) is 2.81. The van der Waals surface area contributed by atoms with E-state index in [0.29, 0.717) is 5.92 Å². The molecule has 0 fully saturated rings. The fraction of sp³-hybridized carbons (Fsp3) is 0.667. The van der Waals surface area contributed by atoms with Crippen molar-refractivity contribution in [2.75, 3.05) is 6.54 Å². The molecule has 1 aromatic rings. The van der Waals surface area contributed by atoms with Gasteiger partial charge in [-0.25, -0.2) is 0 Å². The summed E-state index contributed by atoms with van der Waals surface area (Å²) < 4.78 is 0. The highest BCUT2D eigenvalue weighted by atomic mass is 35.5. The van der Waals surface area contributed by atoms with Gasteiger partial charge < -0.3 is 5.73 Å². The Kier molecular flexibility index (Phi) is 9.78. The van der Waals surface area contributed by atoms with Gasteiger partial charge in [0.15, 0.2) is 0 Å². The third-order valence-electron chi connectivity index (χ3n) is 4.03. The lowest BCUT2D eigenvalue weighted by molar-refractivity contribution is 0.532. The Bertz CT molecular complexity index is 334. The zero-order valence-corrected chi connectivity index (χ0v) is 13.7. The molecule has 1 nitrogen and oxygen atoms in total. The molecule has 1 atom stereocenters. The lowest BCUT2D eigenvalue weighted by Crippen LogP contribution is -2.12. The molecule has 1 unspecified atom stereocenters. The average Bonchev–Trinajstić information content (AvgIpc) is 2.47. The molecule has 0 radical (unpaired) electrons. The molecule has 0 heterocycles. The summed E-state index contributed by atoms with van der Waals surface area (Å²) >= 11 is 5.93. The third kappa shape index (κ3) is 7.31. The first kappa shape index (κ1) is 17.5. The van der Waals surface area contributed by atoms with E-state index in [0.717, 1.165) is 11.6 Å². The lowest BCUT2D eigenvalue weighted by Gasteiger charge is -2.15. The van der Waals surface area contributed by atoms with Crippen LogP contribution >= 0.6 is 11.6 Å². The van der Waals surface area contributed by atoms with Crippen molar-refractivity contribution in [3.05, 3.63) is 34.9 Å². The summed E-state index contributed by atoms with van der Waals surface area (Å²) in [5.74, 6) is 0.493. The Morgan fingerprint density at radius 1 is 0.900 bits per heavy atom. The molecule has 0 spiro atoms. The van der Waals surface area contributed by atoms with E-state index in [9.17, 15) is 0 Å². The normalized spacial score (nSPS) is 12.6. The first-order valence-electron chi connectivity index (χ1n) is 8.23. The molecule has 0 aliphatic carbocycles. The van der Waals surface area contributed by atoms with E-state index in [-0.39, 0.29) is 0 Å². The van der Waals surface area contributed by atoms with Crippen LogP contribution in [0, 0.1) is 0 Å². The second kappa shape index (κ2) is 11.2. The van der Waals surface area contributed by atoms with Crippen molar-refractivity contribution in [3.8, 4) is 0 Å². The van der Waals surface area contributed by atoms with Crippen LogP contribution in [0.4, 0.5) is 0 Å². The molecule has 0 aromatic heterocycles. The van der Waals surface area contributed by atoms with Crippen LogP contribution in [0.1, 0.15) is 76.2 Å². The minimum absolute atomic E-state index is 0.493. The molecule has 1 rings (SSSR count). The van der Waals surface area contributed by atoms with E-state index in [4.69, 9.17) is 17.3 Å². The van der Waals surface area contributed by atoms with Crippen LogP contribution in [0.5, 0.6) is 0 Å².